The van der Waals surface area contributed by atoms with Crippen LogP contribution < -0.4 is 4.74 Å². The monoisotopic (exact) mass is 269 g/mol. The number of hydrogen-bond acceptors (Lipinski definition) is 4. The fourth-order valence-corrected chi connectivity index (χ4v) is 1.49. The van der Waals surface area contributed by atoms with E-state index < -0.39 is 5.97 Å². The summed E-state index contributed by atoms with van der Waals surface area (Å²) in [6.07, 6.45) is 0. The molecule has 0 N–H and O–H groups in total. The fraction of sp³-hybridized carbons (Fsp3) is 0.200. The molecule has 0 fully saturated rings. The Morgan fingerprint density at radius 2 is 2.13 bits per heavy atom. The van der Waals surface area contributed by atoms with Gasteiger partial charge in [-0.05, 0) is 28.1 Å². The van der Waals surface area contributed by atoms with Crippen LogP contribution in [0, 0.1) is 11.3 Å². The van der Waals surface area contributed by atoms with Crippen LogP contribution in [0.25, 0.3) is 0 Å². The number of benzene rings is 1. The first-order chi connectivity index (χ1) is 7.13. The lowest BCUT2D eigenvalue weighted by Gasteiger charge is -2.07. The molecule has 0 heterocycles. The molecule has 0 unspecified atom stereocenters. The van der Waals surface area contributed by atoms with E-state index in [-0.39, 0.29) is 5.56 Å². The fourth-order valence-electron chi connectivity index (χ4n) is 1.08. The van der Waals surface area contributed by atoms with E-state index in [2.05, 4.69) is 20.7 Å². The first-order valence-electron chi connectivity index (χ1n) is 4.00. The number of carbonyl (C=O) groups excluding carboxylic acids is 1. The van der Waals surface area contributed by atoms with Gasteiger partial charge >= 0.3 is 5.97 Å². The zero-order chi connectivity index (χ0) is 11.4. The normalized spacial score (nSPS) is 9.20. The maximum atomic E-state index is 11.3. The molecule has 0 saturated carbocycles. The molecule has 78 valence electrons. The summed E-state index contributed by atoms with van der Waals surface area (Å²) in [5, 5.41) is 8.79. The number of halogens is 1. The third-order valence-corrected chi connectivity index (χ3v) is 2.47. The van der Waals surface area contributed by atoms with Crippen molar-refractivity contribution in [3.63, 3.8) is 0 Å². The average Bonchev–Trinajstić information content (AvgIpc) is 2.27. The Morgan fingerprint density at radius 3 is 2.60 bits per heavy atom. The van der Waals surface area contributed by atoms with Gasteiger partial charge in [-0.3, -0.25) is 0 Å². The van der Waals surface area contributed by atoms with E-state index >= 15 is 0 Å². The minimum absolute atomic E-state index is 0.236. The maximum Gasteiger partial charge on any atom is 0.341 e. The number of esters is 1. The minimum atomic E-state index is -0.532. The summed E-state index contributed by atoms with van der Waals surface area (Å²) < 4.78 is 10.2. The van der Waals surface area contributed by atoms with Crippen molar-refractivity contribution in [2.75, 3.05) is 14.2 Å². The number of nitriles is 1. The Morgan fingerprint density at radius 1 is 1.47 bits per heavy atom. The molecule has 0 amide bonds. The molecule has 0 aliphatic rings. The van der Waals surface area contributed by atoms with Crippen LogP contribution in [0.5, 0.6) is 5.75 Å². The van der Waals surface area contributed by atoms with E-state index in [0.717, 1.165) is 0 Å². The van der Waals surface area contributed by atoms with Crippen LogP contribution in [0.1, 0.15) is 15.9 Å². The third-order valence-electron chi connectivity index (χ3n) is 1.81. The van der Waals surface area contributed by atoms with Crippen molar-refractivity contribution in [3.8, 4) is 11.8 Å². The summed E-state index contributed by atoms with van der Waals surface area (Å²) in [5.74, 6) is -0.163. The standard InChI is InChI=1S/C10H8BrNO3/c1-14-9-4-8(11)6(5-12)3-7(9)10(13)15-2/h3-4H,1-2H3. The summed E-state index contributed by atoms with van der Waals surface area (Å²) in [6, 6.07) is 4.94. The second-order valence-electron chi connectivity index (χ2n) is 2.64. The summed E-state index contributed by atoms with van der Waals surface area (Å²) in [7, 11) is 2.72. The summed E-state index contributed by atoms with van der Waals surface area (Å²) in [6.45, 7) is 0. The molecular weight excluding hydrogens is 262 g/mol. The molecule has 1 aromatic rings. The van der Waals surface area contributed by atoms with Crippen LogP contribution in [-0.2, 0) is 4.74 Å². The SMILES string of the molecule is COC(=O)c1cc(C#N)c(Br)cc1OC. The smallest absolute Gasteiger partial charge is 0.341 e. The summed E-state index contributed by atoms with van der Waals surface area (Å²) in [4.78, 5) is 11.3. The zero-order valence-electron chi connectivity index (χ0n) is 8.20. The van der Waals surface area contributed by atoms with Gasteiger partial charge in [-0.2, -0.15) is 5.26 Å². The molecule has 0 bridgehead atoms. The van der Waals surface area contributed by atoms with E-state index in [1.165, 1.54) is 20.3 Å². The van der Waals surface area contributed by atoms with Crippen molar-refractivity contribution in [2.24, 2.45) is 0 Å². The highest BCUT2D eigenvalue weighted by molar-refractivity contribution is 9.10. The van der Waals surface area contributed by atoms with Gasteiger partial charge in [0.2, 0.25) is 0 Å². The first-order valence-corrected chi connectivity index (χ1v) is 4.79. The Labute approximate surface area is 95.5 Å². The van der Waals surface area contributed by atoms with Gasteiger partial charge in [-0.15, -0.1) is 0 Å². The lowest BCUT2D eigenvalue weighted by molar-refractivity contribution is 0.0597. The Bertz CT molecular complexity index is 437. The van der Waals surface area contributed by atoms with Crippen LogP contribution in [0.4, 0.5) is 0 Å². The van der Waals surface area contributed by atoms with Gasteiger partial charge in [0.15, 0.2) is 0 Å². The van der Waals surface area contributed by atoms with E-state index in [0.29, 0.717) is 15.8 Å². The van der Waals surface area contributed by atoms with Gasteiger partial charge in [0.1, 0.15) is 17.4 Å². The van der Waals surface area contributed by atoms with Gasteiger partial charge in [0.05, 0.1) is 19.8 Å². The Balaban J connectivity index is 3.36. The maximum absolute atomic E-state index is 11.3. The van der Waals surface area contributed by atoms with Gasteiger partial charge in [-0.25, -0.2) is 4.79 Å². The zero-order valence-corrected chi connectivity index (χ0v) is 9.79. The van der Waals surface area contributed by atoms with Crippen LogP contribution in [0.3, 0.4) is 0 Å². The molecule has 0 atom stereocenters. The van der Waals surface area contributed by atoms with Crippen molar-refractivity contribution in [1.29, 1.82) is 5.26 Å². The number of methoxy groups -OCH3 is 2. The van der Waals surface area contributed by atoms with Crippen molar-refractivity contribution in [1.82, 2.24) is 0 Å². The van der Waals surface area contributed by atoms with E-state index in [1.54, 1.807) is 6.07 Å². The molecule has 0 aliphatic heterocycles. The van der Waals surface area contributed by atoms with E-state index in [9.17, 15) is 4.79 Å². The second-order valence-corrected chi connectivity index (χ2v) is 3.49. The van der Waals surface area contributed by atoms with Gasteiger partial charge in [-0.1, -0.05) is 0 Å². The molecule has 1 aromatic carbocycles. The molecular formula is C10H8BrNO3. The van der Waals surface area contributed by atoms with Crippen LogP contribution in [-0.4, -0.2) is 20.2 Å². The highest BCUT2D eigenvalue weighted by Crippen LogP contribution is 2.27. The topological polar surface area (TPSA) is 59.3 Å². The summed E-state index contributed by atoms with van der Waals surface area (Å²) in [5.41, 5.74) is 0.593. The van der Waals surface area contributed by atoms with Gasteiger partial charge < -0.3 is 9.47 Å². The lowest BCUT2D eigenvalue weighted by atomic mass is 10.1. The molecule has 15 heavy (non-hydrogen) atoms. The number of carbonyl (C=O) groups is 1. The van der Waals surface area contributed by atoms with Crippen molar-refractivity contribution in [3.05, 3.63) is 27.7 Å². The largest absolute Gasteiger partial charge is 0.496 e. The number of rotatable bonds is 2. The predicted molar refractivity (Wildman–Crippen MR) is 56.7 cm³/mol. The minimum Gasteiger partial charge on any atom is -0.496 e. The van der Waals surface area contributed by atoms with Crippen LogP contribution in [0.2, 0.25) is 0 Å². The molecule has 0 saturated heterocycles. The number of nitrogens with zero attached hydrogens (tertiary/aromatic N) is 1. The van der Waals surface area contributed by atoms with Crippen LogP contribution in [0.15, 0.2) is 16.6 Å². The molecule has 0 aliphatic carbocycles. The predicted octanol–water partition coefficient (Wildman–Crippen LogP) is 2.12. The van der Waals surface area contributed by atoms with Crippen molar-refractivity contribution < 1.29 is 14.3 Å². The van der Waals surface area contributed by atoms with Gasteiger partial charge in [0.25, 0.3) is 0 Å². The van der Waals surface area contributed by atoms with E-state index in [1.807, 2.05) is 6.07 Å². The lowest BCUT2D eigenvalue weighted by Crippen LogP contribution is -2.04. The van der Waals surface area contributed by atoms with Crippen molar-refractivity contribution >= 4 is 21.9 Å². The molecule has 5 heteroatoms. The van der Waals surface area contributed by atoms with Gasteiger partial charge in [0, 0.05) is 4.47 Å². The molecule has 0 radical (unpaired) electrons. The number of ether oxygens (including phenoxy) is 2. The highest BCUT2D eigenvalue weighted by Gasteiger charge is 2.15. The quantitative estimate of drug-likeness (QED) is 0.772. The average molecular weight is 270 g/mol. The van der Waals surface area contributed by atoms with Crippen molar-refractivity contribution in [2.45, 2.75) is 0 Å². The summed E-state index contributed by atoms with van der Waals surface area (Å²) >= 11 is 3.20. The molecule has 1 rings (SSSR count). The Kier molecular flexibility index (Phi) is 3.69. The highest BCUT2D eigenvalue weighted by atomic mass is 79.9. The number of hydrogen-bond donors (Lipinski definition) is 0. The third kappa shape index (κ3) is 2.28. The molecule has 0 aromatic heterocycles. The van der Waals surface area contributed by atoms with E-state index in [4.69, 9.17) is 10.00 Å². The second kappa shape index (κ2) is 4.80. The molecule has 4 nitrogen and oxygen atoms in total. The molecule has 0 spiro atoms. The van der Waals surface area contributed by atoms with Crippen LogP contribution >= 0.6 is 15.9 Å². The Hall–Kier alpha value is -1.54. The first kappa shape index (κ1) is 11.5.